The number of thioether (sulfide) groups is 1. The van der Waals surface area contributed by atoms with Crippen molar-refractivity contribution in [1.29, 1.82) is 0 Å². The van der Waals surface area contributed by atoms with E-state index < -0.39 is 0 Å². The van der Waals surface area contributed by atoms with E-state index in [9.17, 15) is 4.79 Å². The predicted molar refractivity (Wildman–Crippen MR) is 95.8 cm³/mol. The van der Waals surface area contributed by atoms with Gasteiger partial charge in [0.05, 0.1) is 0 Å². The van der Waals surface area contributed by atoms with Crippen LogP contribution in [0.4, 0.5) is 0 Å². The third-order valence-electron chi connectivity index (χ3n) is 4.11. The fourth-order valence-electron chi connectivity index (χ4n) is 2.74. The minimum Gasteiger partial charge on any atom is -0.333 e. The van der Waals surface area contributed by atoms with Crippen molar-refractivity contribution in [3.05, 3.63) is 65.7 Å². The molecule has 0 spiro atoms. The van der Waals surface area contributed by atoms with Gasteiger partial charge in [-0.1, -0.05) is 30.3 Å². The minimum absolute atomic E-state index is 0.140. The van der Waals surface area contributed by atoms with Gasteiger partial charge in [0.1, 0.15) is 0 Å². The fourth-order valence-corrected chi connectivity index (χ4v) is 3.61. The Morgan fingerprint density at radius 2 is 1.91 bits per heavy atom. The molecule has 1 N–H and O–H groups in total. The van der Waals surface area contributed by atoms with Crippen LogP contribution in [0.25, 0.3) is 0 Å². The van der Waals surface area contributed by atoms with Crippen LogP contribution in [0.1, 0.15) is 22.8 Å². The van der Waals surface area contributed by atoms with Crippen LogP contribution in [0, 0.1) is 0 Å². The molecule has 1 saturated heterocycles. The molecule has 0 bridgehead atoms. The van der Waals surface area contributed by atoms with Gasteiger partial charge in [0.15, 0.2) is 0 Å². The molecule has 1 aliphatic heterocycles. The molecule has 0 radical (unpaired) electrons. The van der Waals surface area contributed by atoms with E-state index in [0.717, 1.165) is 31.0 Å². The molecule has 0 aliphatic carbocycles. The molecule has 1 amide bonds. The Hall–Kier alpha value is -1.78. The molecular formula is C19H22N2OS. The van der Waals surface area contributed by atoms with Crippen LogP contribution in [0.3, 0.4) is 0 Å². The Kier molecular flexibility index (Phi) is 5.36. The number of carbonyl (C=O) groups is 1. The normalized spacial score (nSPS) is 18.0. The summed E-state index contributed by atoms with van der Waals surface area (Å²) in [4.78, 5) is 15.8. The molecule has 3 rings (SSSR count). The number of carbonyl (C=O) groups excluding carboxylic acids is 1. The van der Waals surface area contributed by atoms with Crippen molar-refractivity contribution in [2.24, 2.45) is 0 Å². The Morgan fingerprint density at radius 1 is 1.17 bits per heavy atom. The van der Waals surface area contributed by atoms with E-state index in [4.69, 9.17) is 0 Å². The van der Waals surface area contributed by atoms with Crippen molar-refractivity contribution < 1.29 is 4.79 Å². The molecule has 23 heavy (non-hydrogen) atoms. The van der Waals surface area contributed by atoms with E-state index in [1.165, 1.54) is 10.5 Å². The quantitative estimate of drug-likeness (QED) is 0.874. The highest BCUT2D eigenvalue weighted by Crippen LogP contribution is 2.22. The lowest BCUT2D eigenvalue weighted by Gasteiger charge is -2.34. The summed E-state index contributed by atoms with van der Waals surface area (Å²) in [6, 6.07) is 18.7. The highest BCUT2D eigenvalue weighted by molar-refractivity contribution is 7.98. The van der Waals surface area contributed by atoms with Gasteiger partial charge in [0.25, 0.3) is 5.91 Å². The first-order chi connectivity index (χ1) is 11.2. The molecule has 1 fully saturated rings. The Balaban J connectivity index is 1.61. The van der Waals surface area contributed by atoms with E-state index >= 15 is 0 Å². The van der Waals surface area contributed by atoms with Crippen molar-refractivity contribution in [1.82, 2.24) is 10.2 Å². The molecule has 1 heterocycles. The molecule has 0 aromatic heterocycles. The van der Waals surface area contributed by atoms with Crippen LogP contribution in [0.5, 0.6) is 0 Å². The SMILES string of the molecule is C[C@H]1CNCCN1C(=O)c1ccc(CSc2ccccc2)cc1. The van der Waals surface area contributed by atoms with E-state index in [2.05, 4.69) is 48.6 Å². The molecule has 4 heteroatoms. The summed E-state index contributed by atoms with van der Waals surface area (Å²) in [5.74, 6) is 1.06. The summed E-state index contributed by atoms with van der Waals surface area (Å²) in [6.45, 7) is 4.62. The summed E-state index contributed by atoms with van der Waals surface area (Å²) in [7, 11) is 0. The minimum atomic E-state index is 0.140. The first kappa shape index (κ1) is 16.1. The molecule has 120 valence electrons. The predicted octanol–water partition coefficient (Wildman–Crippen LogP) is 3.41. The highest BCUT2D eigenvalue weighted by atomic mass is 32.2. The molecule has 1 atom stereocenters. The first-order valence-electron chi connectivity index (χ1n) is 8.02. The lowest BCUT2D eigenvalue weighted by Crippen LogP contribution is -2.52. The Morgan fingerprint density at radius 3 is 2.61 bits per heavy atom. The van der Waals surface area contributed by atoms with Gasteiger partial charge in [-0.2, -0.15) is 0 Å². The zero-order valence-corrected chi connectivity index (χ0v) is 14.2. The molecule has 1 aliphatic rings. The third-order valence-corrected chi connectivity index (χ3v) is 5.19. The van der Waals surface area contributed by atoms with Gasteiger partial charge in [0, 0.05) is 41.9 Å². The second-order valence-electron chi connectivity index (χ2n) is 5.85. The number of piperazine rings is 1. The van der Waals surface area contributed by atoms with Gasteiger partial charge in [0.2, 0.25) is 0 Å². The van der Waals surface area contributed by atoms with Crippen LogP contribution >= 0.6 is 11.8 Å². The zero-order chi connectivity index (χ0) is 16.1. The maximum atomic E-state index is 12.6. The molecular weight excluding hydrogens is 304 g/mol. The third kappa shape index (κ3) is 4.15. The van der Waals surface area contributed by atoms with Gasteiger partial charge >= 0.3 is 0 Å². The van der Waals surface area contributed by atoms with Gasteiger partial charge in [-0.25, -0.2) is 0 Å². The smallest absolute Gasteiger partial charge is 0.254 e. The largest absolute Gasteiger partial charge is 0.333 e. The molecule has 2 aromatic carbocycles. The fraction of sp³-hybridized carbons (Fsp3) is 0.316. The van der Waals surface area contributed by atoms with Crippen LogP contribution in [0.2, 0.25) is 0 Å². The average Bonchev–Trinajstić information content (AvgIpc) is 2.61. The van der Waals surface area contributed by atoms with Crippen molar-refractivity contribution in [3.8, 4) is 0 Å². The maximum Gasteiger partial charge on any atom is 0.254 e. The number of hydrogen-bond donors (Lipinski definition) is 1. The topological polar surface area (TPSA) is 32.3 Å². The summed E-state index contributed by atoms with van der Waals surface area (Å²) in [5, 5.41) is 3.32. The molecule has 0 saturated carbocycles. The summed E-state index contributed by atoms with van der Waals surface area (Å²) in [5.41, 5.74) is 2.02. The summed E-state index contributed by atoms with van der Waals surface area (Å²) in [6.07, 6.45) is 0. The number of rotatable bonds is 4. The van der Waals surface area contributed by atoms with E-state index in [1.54, 1.807) is 0 Å². The second-order valence-corrected chi connectivity index (χ2v) is 6.90. The molecule has 0 unspecified atom stereocenters. The number of nitrogens with zero attached hydrogens (tertiary/aromatic N) is 1. The van der Waals surface area contributed by atoms with Crippen molar-refractivity contribution in [2.45, 2.75) is 23.6 Å². The Labute approximate surface area is 142 Å². The van der Waals surface area contributed by atoms with Gasteiger partial charge in [-0.05, 0) is 36.8 Å². The molecule has 3 nitrogen and oxygen atoms in total. The van der Waals surface area contributed by atoms with Gasteiger partial charge < -0.3 is 10.2 Å². The standard InChI is InChI=1S/C19H22N2OS/c1-15-13-20-11-12-21(15)19(22)17-9-7-16(8-10-17)14-23-18-5-3-2-4-6-18/h2-10,15,20H,11-14H2,1H3/t15-/m0/s1. The lowest BCUT2D eigenvalue weighted by atomic mass is 10.1. The van der Waals surface area contributed by atoms with Crippen LogP contribution in [0.15, 0.2) is 59.5 Å². The number of benzene rings is 2. The molecule has 2 aromatic rings. The van der Waals surface area contributed by atoms with Gasteiger partial charge in [-0.15, -0.1) is 11.8 Å². The van der Waals surface area contributed by atoms with Crippen molar-refractivity contribution in [3.63, 3.8) is 0 Å². The van der Waals surface area contributed by atoms with Crippen LogP contribution < -0.4 is 5.32 Å². The lowest BCUT2D eigenvalue weighted by molar-refractivity contribution is 0.0656. The first-order valence-corrected chi connectivity index (χ1v) is 9.01. The maximum absolute atomic E-state index is 12.6. The monoisotopic (exact) mass is 326 g/mol. The average molecular weight is 326 g/mol. The van der Waals surface area contributed by atoms with Gasteiger partial charge in [-0.3, -0.25) is 4.79 Å². The number of hydrogen-bond acceptors (Lipinski definition) is 3. The second kappa shape index (κ2) is 7.66. The van der Waals surface area contributed by atoms with Crippen LogP contribution in [-0.4, -0.2) is 36.5 Å². The van der Waals surface area contributed by atoms with Crippen molar-refractivity contribution >= 4 is 17.7 Å². The van der Waals surface area contributed by atoms with E-state index in [1.807, 2.05) is 34.9 Å². The highest BCUT2D eigenvalue weighted by Gasteiger charge is 2.23. The Bertz CT molecular complexity index is 642. The van der Waals surface area contributed by atoms with Crippen LogP contribution in [-0.2, 0) is 5.75 Å². The van der Waals surface area contributed by atoms with E-state index in [-0.39, 0.29) is 11.9 Å². The number of amides is 1. The van der Waals surface area contributed by atoms with Crippen molar-refractivity contribution in [2.75, 3.05) is 19.6 Å². The summed E-state index contributed by atoms with van der Waals surface area (Å²) < 4.78 is 0. The summed E-state index contributed by atoms with van der Waals surface area (Å²) >= 11 is 1.81. The van der Waals surface area contributed by atoms with E-state index in [0.29, 0.717) is 0 Å². The zero-order valence-electron chi connectivity index (χ0n) is 13.4. The number of nitrogens with one attached hydrogen (secondary N) is 1.